The van der Waals surface area contributed by atoms with E-state index in [0.29, 0.717) is 55.8 Å². The molecule has 0 unspecified atom stereocenters. The predicted molar refractivity (Wildman–Crippen MR) is 490 cm³/mol. The van der Waals surface area contributed by atoms with Crippen molar-refractivity contribution in [2.24, 2.45) is 0 Å². The number of fused-ring (bicyclic) bond motifs is 7. The molecule has 0 bridgehead atoms. The molecule has 112 heavy (non-hydrogen) atoms. The van der Waals surface area contributed by atoms with Gasteiger partial charge in [0.15, 0.2) is 0 Å². The number of para-hydroxylation sites is 2. The number of nitrogens with zero attached hydrogens (tertiary/aromatic N) is 3. The summed E-state index contributed by atoms with van der Waals surface area (Å²) >= 11 is 0. The highest BCUT2D eigenvalue weighted by Gasteiger charge is 2.48. The van der Waals surface area contributed by atoms with Gasteiger partial charge < -0.3 is 14.4 Å². The minimum atomic E-state index is -1.17. The van der Waals surface area contributed by atoms with Crippen LogP contribution in [0.4, 0.5) is 34.1 Å². The predicted octanol–water partition coefficient (Wildman–Crippen LogP) is 28.9. The van der Waals surface area contributed by atoms with Crippen LogP contribution in [0, 0.1) is 0 Å². The first-order valence-electron chi connectivity index (χ1n) is 50.1. The lowest BCUT2D eigenvalue weighted by Crippen LogP contribution is -2.61. The number of hydrogen-bond donors (Lipinski definition) is 0. The van der Waals surface area contributed by atoms with Crippen molar-refractivity contribution in [3.8, 4) is 61.3 Å². The van der Waals surface area contributed by atoms with Gasteiger partial charge in [-0.3, -0.25) is 0 Å². The highest BCUT2D eigenvalue weighted by molar-refractivity contribution is 7.00. The van der Waals surface area contributed by atoms with Crippen LogP contribution in [0.3, 0.4) is 0 Å². The molecule has 0 amide bonds. The van der Waals surface area contributed by atoms with Crippen LogP contribution >= 0.6 is 0 Å². The maximum Gasteiger partial charge on any atom is 0.252 e. The molecule has 0 atom stereocenters. The van der Waals surface area contributed by atoms with E-state index in [0.717, 1.165) is 44.5 Å². The Labute approximate surface area is 702 Å². The normalized spacial score (nSPS) is 16.4. The molecule has 570 valence electrons. The molecule has 1 aromatic heterocycles. The van der Waals surface area contributed by atoms with Crippen LogP contribution in [0.5, 0.6) is 0 Å². The van der Waals surface area contributed by atoms with Gasteiger partial charge in [0, 0.05) is 61.5 Å². The quantitative estimate of drug-likeness (QED) is 0.141. The van der Waals surface area contributed by atoms with Crippen LogP contribution in [0.1, 0.15) is 266 Å². The molecule has 3 heterocycles. The van der Waals surface area contributed by atoms with E-state index >= 15 is 0 Å². The van der Waals surface area contributed by atoms with E-state index in [1.54, 1.807) is 18.2 Å². The summed E-state index contributed by atoms with van der Waals surface area (Å²) in [5.41, 5.74) is 5.94. The second kappa shape index (κ2) is 26.9. The summed E-state index contributed by atoms with van der Waals surface area (Å²) in [6.07, 6.45) is 0. The molecule has 15 rings (SSSR count). The van der Waals surface area contributed by atoms with E-state index in [-0.39, 0.29) is 125 Å². The van der Waals surface area contributed by atoms with Crippen molar-refractivity contribution in [2.75, 3.05) is 9.80 Å². The van der Waals surface area contributed by atoms with Crippen molar-refractivity contribution in [2.45, 2.75) is 236 Å². The molecule has 0 fully saturated rings. The summed E-state index contributed by atoms with van der Waals surface area (Å²) in [6, 6.07) is 26.9. The zero-order chi connectivity index (χ0) is 98.7. The van der Waals surface area contributed by atoms with E-state index < -0.39 is 141 Å². The van der Waals surface area contributed by atoms with Gasteiger partial charge in [0.25, 0.3) is 6.71 Å². The summed E-state index contributed by atoms with van der Waals surface area (Å²) in [5, 5.41) is -0.392. The molecule has 2 aliphatic rings. The first-order chi connectivity index (χ1) is 61.0. The number of anilines is 6. The Morgan fingerprint density at radius 1 is 0.268 bits per heavy atom. The van der Waals surface area contributed by atoms with E-state index in [1.807, 2.05) is 112 Å². The van der Waals surface area contributed by atoms with Crippen LogP contribution in [0.15, 0.2) is 236 Å². The molecule has 2 aliphatic heterocycles. The van der Waals surface area contributed by atoms with Crippen LogP contribution in [-0.2, 0) is 48.7 Å². The molecular weight excluding hydrogens is 1350 g/mol. The summed E-state index contributed by atoms with van der Waals surface area (Å²) in [7, 11) is 0. The third-order valence-electron chi connectivity index (χ3n) is 22.5. The van der Waals surface area contributed by atoms with Gasteiger partial charge in [0.05, 0.1) is 51.2 Å². The van der Waals surface area contributed by atoms with E-state index in [4.69, 9.17) is 1.37 Å². The van der Waals surface area contributed by atoms with Crippen LogP contribution in [-0.4, -0.2) is 11.3 Å². The first-order valence-corrected chi connectivity index (χ1v) is 39.6. The fraction of sp³-hybridized carbons (Fsp3) is 0.333. The fourth-order valence-corrected chi connectivity index (χ4v) is 16.2. The fourth-order valence-electron chi connectivity index (χ4n) is 16.2. The van der Waals surface area contributed by atoms with Crippen molar-refractivity contribution in [3.05, 3.63) is 286 Å². The molecular formula is C108H120BN3. The van der Waals surface area contributed by atoms with Crippen molar-refractivity contribution in [3.63, 3.8) is 0 Å². The van der Waals surface area contributed by atoms with Crippen molar-refractivity contribution in [1.29, 1.82) is 0 Å². The zero-order valence-electron chi connectivity index (χ0n) is 91.8. The minimum Gasteiger partial charge on any atom is -0.310 e. The average molecular weight is 1490 g/mol. The average Bonchev–Trinajstić information content (AvgIpc) is 0.935. The molecule has 4 heteroatoms. The van der Waals surface area contributed by atoms with Gasteiger partial charge in [-0.1, -0.05) is 356 Å². The highest BCUT2D eigenvalue weighted by Crippen LogP contribution is 2.58. The number of hydrogen-bond acceptors (Lipinski definition) is 2. The SMILES string of the molecule is [2H]c1c(C(C)(C)C)cc(-c2c([2H])c(C(C)(C)C)c([2H])c(-c3c([2H])c([2H])c(C(C)(C)C)c([2H])c3[2H])c2N2c3cc(-n4c5c([2H])c([2H])c([2H])c([2H])c5c5c([2H])c([2H])c([2H])c([2H])c54)ccc3B3c4ccc(-c5c([2H])c([2H])c([2H])c([2H])c5[2H])cc4N(c4c(-c5ccccc5C(C)(C)C)cc(C(C)(C)C)cc4-c4ccc(C(C)(C)C)cc4C(C)(C)C)c4cc(C(C)(C)C)cc2c43)c(C(C)(C)C)c1[2H]. The van der Waals surface area contributed by atoms with E-state index in [2.05, 4.69) is 175 Å². The lowest BCUT2D eigenvalue weighted by atomic mass is 9.33. The highest BCUT2D eigenvalue weighted by atomic mass is 15.2. The Balaban J connectivity index is 1.31. The maximum atomic E-state index is 11.7. The Morgan fingerprint density at radius 3 is 1.26 bits per heavy atom. The molecule has 0 spiro atoms. The van der Waals surface area contributed by atoms with Gasteiger partial charge in [0.2, 0.25) is 0 Å². The third kappa shape index (κ3) is 13.8. The second-order valence-corrected chi connectivity index (χ2v) is 40.4. The van der Waals surface area contributed by atoms with Crippen LogP contribution < -0.4 is 26.2 Å². The Hall–Kier alpha value is -9.90. The number of rotatable bonds is 8. The summed E-state index contributed by atoms with van der Waals surface area (Å²) in [4.78, 5) is 4.22. The van der Waals surface area contributed by atoms with Crippen LogP contribution in [0.25, 0.3) is 83.1 Å². The lowest BCUT2D eigenvalue weighted by molar-refractivity contribution is 0.569. The van der Waals surface area contributed by atoms with E-state index in [9.17, 15) is 27.4 Å². The van der Waals surface area contributed by atoms with Crippen LogP contribution in [0.2, 0.25) is 0 Å². The Bertz CT molecular complexity index is 7080. The van der Waals surface area contributed by atoms with Gasteiger partial charge in [-0.05, 0) is 215 Å². The van der Waals surface area contributed by atoms with Gasteiger partial charge >= 0.3 is 0 Å². The Kier molecular flexibility index (Phi) is 13.3. The van der Waals surface area contributed by atoms with Gasteiger partial charge in [-0.25, -0.2) is 0 Å². The molecule has 3 nitrogen and oxygen atoms in total. The summed E-state index contributed by atoms with van der Waals surface area (Å²) in [6.45, 7) is 54.4. The molecule has 12 aromatic carbocycles. The molecule has 0 aliphatic carbocycles. The molecule has 0 N–H and O–H groups in total. The molecule has 0 radical (unpaired) electrons. The lowest BCUT2D eigenvalue weighted by Gasteiger charge is -2.47. The second-order valence-electron chi connectivity index (χ2n) is 40.4. The summed E-state index contributed by atoms with van der Waals surface area (Å²) in [5.74, 6) is 0. The first kappa shape index (κ1) is 55.5. The smallest absolute Gasteiger partial charge is 0.252 e. The Morgan fingerprint density at radius 2 is 0.723 bits per heavy atom. The van der Waals surface area contributed by atoms with E-state index in [1.165, 1.54) is 4.57 Å². The molecule has 13 aromatic rings. The molecule has 0 saturated heterocycles. The van der Waals surface area contributed by atoms with Crippen molar-refractivity contribution >= 4 is 79.0 Å². The topological polar surface area (TPSA) is 11.4 Å². The molecule has 0 saturated carbocycles. The standard InChI is InChI=1S/C108H120BN3/c1-100(2,3)70-48-45-68(46-49-70)81-59-73(103(10,11)12)62-85(82-58-71(101(4,5)6)51-54-87(82)107(22,23)24)98(81)112-94-66-76(110-91-43-35-32-40-79(91)80-41-33-36-44-92(80)110)52-56-90(94)109-89-55-47-69(67-37-29-28-30-38-67)57-93(89)111(95-64-75(105(16,17)18)65-96(112)97(95)109)99-83(77-39-31-34-42-86(77)106(19,20)21)60-74(104(13,14)15)61-84(99)78-53-50-72(102(7,8)9)63-88(78)108(25,26)27/h28-66H,1-27H3/i28D,29D,30D,32D,33D,35D,36D,37D,38D,40D,41D,43D,44D,45D,46D,48D,49D,51D,54D,59D,62D. The number of benzene rings is 12. The number of aromatic nitrogens is 1. The van der Waals surface area contributed by atoms with Gasteiger partial charge in [0.1, 0.15) is 0 Å². The zero-order valence-corrected chi connectivity index (χ0v) is 70.8. The third-order valence-corrected chi connectivity index (χ3v) is 22.5. The largest absolute Gasteiger partial charge is 0.310 e. The van der Waals surface area contributed by atoms with Gasteiger partial charge in [-0.2, -0.15) is 0 Å². The monoisotopic (exact) mass is 1490 g/mol. The maximum absolute atomic E-state index is 11.7. The minimum absolute atomic E-state index is 0.0244. The van der Waals surface area contributed by atoms with Gasteiger partial charge in [-0.15, -0.1) is 0 Å². The van der Waals surface area contributed by atoms with Crippen molar-refractivity contribution < 1.29 is 28.8 Å². The summed E-state index contributed by atoms with van der Waals surface area (Å²) < 4.78 is 213. The van der Waals surface area contributed by atoms with Crippen molar-refractivity contribution in [1.82, 2.24) is 4.57 Å².